The molecule has 34 heavy (non-hydrogen) atoms. The van der Waals surface area contributed by atoms with E-state index in [9.17, 15) is 9.59 Å². The topological polar surface area (TPSA) is 67.9 Å². The number of carbonyl (C=O) groups excluding carboxylic acids is 2. The molecule has 1 N–H and O–H groups in total. The summed E-state index contributed by atoms with van der Waals surface area (Å²) in [5.74, 6) is 1.38. The second kappa shape index (κ2) is 13.4. The molecular formula is C27H35BrN2O4. The van der Waals surface area contributed by atoms with Crippen molar-refractivity contribution in [2.24, 2.45) is 0 Å². The number of rotatable bonds is 11. The largest absolute Gasteiger partial charge is 0.497 e. The lowest BCUT2D eigenvalue weighted by Gasteiger charge is -2.31. The number of carbonyl (C=O) groups is 2. The summed E-state index contributed by atoms with van der Waals surface area (Å²) >= 11 is 3.50. The molecule has 2 amide bonds. The predicted molar refractivity (Wildman–Crippen MR) is 137 cm³/mol. The highest BCUT2D eigenvalue weighted by Crippen LogP contribution is 2.20. The van der Waals surface area contributed by atoms with Gasteiger partial charge in [-0.15, -0.1) is 0 Å². The summed E-state index contributed by atoms with van der Waals surface area (Å²) < 4.78 is 11.9. The molecule has 0 bridgehead atoms. The van der Waals surface area contributed by atoms with E-state index in [-0.39, 0.29) is 17.9 Å². The normalized spacial score (nSPS) is 14.8. The molecule has 0 aromatic heterocycles. The van der Waals surface area contributed by atoms with Gasteiger partial charge < -0.3 is 19.7 Å². The fourth-order valence-electron chi connectivity index (χ4n) is 4.21. The van der Waals surface area contributed by atoms with Crippen LogP contribution in [0.25, 0.3) is 0 Å². The van der Waals surface area contributed by atoms with Crippen LogP contribution < -0.4 is 14.8 Å². The third kappa shape index (κ3) is 8.05. The summed E-state index contributed by atoms with van der Waals surface area (Å²) in [7, 11) is 1.62. The molecule has 2 aromatic carbocycles. The van der Waals surface area contributed by atoms with Crippen LogP contribution in [0, 0.1) is 0 Å². The van der Waals surface area contributed by atoms with Gasteiger partial charge in [-0.1, -0.05) is 47.3 Å². The van der Waals surface area contributed by atoms with Crippen molar-refractivity contribution in [1.29, 1.82) is 0 Å². The van der Waals surface area contributed by atoms with E-state index in [1.165, 1.54) is 6.42 Å². The van der Waals surface area contributed by atoms with Crippen LogP contribution in [0.3, 0.4) is 0 Å². The van der Waals surface area contributed by atoms with E-state index in [0.717, 1.165) is 47.2 Å². The highest BCUT2D eigenvalue weighted by atomic mass is 79.9. The Balaban J connectivity index is 1.58. The second-order valence-electron chi connectivity index (χ2n) is 8.80. The molecular weight excluding hydrogens is 496 g/mol. The molecule has 0 heterocycles. The number of nitrogens with one attached hydrogen (secondary N) is 1. The maximum Gasteiger partial charge on any atom is 0.242 e. The van der Waals surface area contributed by atoms with E-state index < -0.39 is 6.04 Å². The molecule has 1 aliphatic carbocycles. The second-order valence-corrected chi connectivity index (χ2v) is 9.71. The number of methoxy groups -OCH3 is 1. The minimum atomic E-state index is -0.545. The zero-order chi connectivity index (χ0) is 24.3. The maximum absolute atomic E-state index is 13.2. The van der Waals surface area contributed by atoms with Gasteiger partial charge >= 0.3 is 0 Å². The van der Waals surface area contributed by atoms with Gasteiger partial charge in [0.2, 0.25) is 11.8 Å². The zero-order valence-electron chi connectivity index (χ0n) is 20.1. The molecule has 1 unspecified atom stereocenters. The molecule has 0 spiro atoms. The summed E-state index contributed by atoms with van der Waals surface area (Å²) in [4.78, 5) is 27.9. The third-order valence-electron chi connectivity index (χ3n) is 6.22. The van der Waals surface area contributed by atoms with Crippen molar-refractivity contribution in [2.75, 3.05) is 13.7 Å². The Kier molecular flexibility index (Phi) is 10.3. The molecule has 0 aliphatic heterocycles. The van der Waals surface area contributed by atoms with Crippen molar-refractivity contribution in [1.82, 2.24) is 10.2 Å². The van der Waals surface area contributed by atoms with Crippen molar-refractivity contribution in [3.05, 3.63) is 58.6 Å². The molecule has 1 aliphatic rings. The van der Waals surface area contributed by atoms with Gasteiger partial charge in [0.25, 0.3) is 0 Å². The Morgan fingerprint density at radius 3 is 2.47 bits per heavy atom. The van der Waals surface area contributed by atoms with Crippen LogP contribution in [-0.2, 0) is 16.1 Å². The van der Waals surface area contributed by atoms with Crippen LogP contribution in [0.15, 0.2) is 53.0 Å². The van der Waals surface area contributed by atoms with Gasteiger partial charge in [-0.2, -0.15) is 0 Å². The highest BCUT2D eigenvalue weighted by molar-refractivity contribution is 9.10. The Hall–Kier alpha value is -2.54. The number of hydrogen-bond acceptors (Lipinski definition) is 4. The Morgan fingerprint density at radius 1 is 1.09 bits per heavy atom. The summed E-state index contributed by atoms with van der Waals surface area (Å²) in [5, 5.41) is 3.17. The Bertz CT molecular complexity index is 928. The minimum absolute atomic E-state index is 0.0513. The van der Waals surface area contributed by atoms with Gasteiger partial charge in [0.05, 0.1) is 13.7 Å². The molecule has 1 atom stereocenters. The van der Waals surface area contributed by atoms with E-state index in [4.69, 9.17) is 9.47 Å². The standard InChI is InChI=1S/C27H35BrN2O4/c1-20(27(32)29-23-10-4-3-5-11-23)30(19-21-8-6-9-22(28)18-21)26(31)12-7-17-34-25-15-13-24(33-2)14-16-25/h6,8-9,13-16,18,20,23H,3-5,7,10-12,17,19H2,1-2H3,(H,29,32). The quantitative estimate of drug-likeness (QED) is 0.390. The van der Waals surface area contributed by atoms with Crippen molar-refractivity contribution in [3.63, 3.8) is 0 Å². The molecule has 6 nitrogen and oxygen atoms in total. The molecule has 1 saturated carbocycles. The first kappa shape index (κ1) is 26.1. The molecule has 1 fully saturated rings. The summed E-state index contributed by atoms with van der Waals surface area (Å²) in [6, 6.07) is 14.9. The number of benzene rings is 2. The minimum Gasteiger partial charge on any atom is -0.497 e. The van der Waals surface area contributed by atoms with E-state index in [0.29, 0.717) is 26.0 Å². The average Bonchev–Trinajstić information content (AvgIpc) is 2.85. The van der Waals surface area contributed by atoms with Crippen molar-refractivity contribution >= 4 is 27.7 Å². The van der Waals surface area contributed by atoms with Crippen LogP contribution >= 0.6 is 15.9 Å². The first-order valence-electron chi connectivity index (χ1n) is 12.1. The van der Waals surface area contributed by atoms with Gasteiger partial charge in [-0.3, -0.25) is 9.59 Å². The van der Waals surface area contributed by atoms with Gasteiger partial charge in [-0.25, -0.2) is 0 Å². The smallest absolute Gasteiger partial charge is 0.242 e. The maximum atomic E-state index is 13.2. The van der Waals surface area contributed by atoms with Crippen LogP contribution in [-0.4, -0.2) is 42.5 Å². The summed E-state index contributed by atoms with van der Waals surface area (Å²) in [5.41, 5.74) is 0.981. The number of halogens is 1. The van der Waals surface area contributed by atoms with Crippen molar-refractivity contribution in [3.8, 4) is 11.5 Å². The van der Waals surface area contributed by atoms with Crippen molar-refractivity contribution < 1.29 is 19.1 Å². The van der Waals surface area contributed by atoms with Gasteiger partial charge in [0.15, 0.2) is 0 Å². The van der Waals surface area contributed by atoms with E-state index in [1.54, 1.807) is 12.0 Å². The summed E-state index contributed by atoms with van der Waals surface area (Å²) in [6.07, 6.45) is 6.43. The Labute approximate surface area is 211 Å². The lowest BCUT2D eigenvalue weighted by molar-refractivity contribution is -0.141. The lowest BCUT2D eigenvalue weighted by Crippen LogP contribution is -2.50. The molecule has 0 radical (unpaired) electrons. The first-order valence-corrected chi connectivity index (χ1v) is 12.9. The van der Waals surface area contributed by atoms with Crippen molar-refractivity contribution in [2.45, 2.75) is 70.5 Å². The number of amides is 2. The van der Waals surface area contributed by atoms with Gasteiger partial charge in [0, 0.05) is 23.5 Å². The highest BCUT2D eigenvalue weighted by Gasteiger charge is 2.27. The third-order valence-corrected chi connectivity index (χ3v) is 6.72. The van der Waals surface area contributed by atoms with Gasteiger partial charge in [-0.05, 0) is 68.1 Å². The Morgan fingerprint density at radius 2 is 1.79 bits per heavy atom. The van der Waals surface area contributed by atoms with E-state index in [2.05, 4.69) is 21.2 Å². The van der Waals surface area contributed by atoms with Crippen LogP contribution in [0.4, 0.5) is 0 Å². The average molecular weight is 531 g/mol. The number of ether oxygens (including phenoxy) is 2. The van der Waals surface area contributed by atoms with Gasteiger partial charge in [0.1, 0.15) is 17.5 Å². The number of nitrogens with zero attached hydrogens (tertiary/aromatic N) is 1. The fraction of sp³-hybridized carbons (Fsp3) is 0.481. The molecule has 184 valence electrons. The fourth-order valence-corrected chi connectivity index (χ4v) is 4.66. The lowest BCUT2D eigenvalue weighted by atomic mass is 9.95. The SMILES string of the molecule is COc1ccc(OCCCC(=O)N(Cc2cccc(Br)c2)C(C)C(=O)NC2CCCCC2)cc1. The van der Waals surface area contributed by atoms with Crippen LogP contribution in [0.5, 0.6) is 11.5 Å². The molecule has 3 rings (SSSR count). The first-order chi connectivity index (χ1) is 16.5. The summed E-state index contributed by atoms with van der Waals surface area (Å²) in [6.45, 7) is 2.63. The zero-order valence-corrected chi connectivity index (χ0v) is 21.7. The molecule has 7 heteroatoms. The monoisotopic (exact) mass is 530 g/mol. The van der Waals surface area contributed by atoms with Crippen LogP contribution in [0.2, 0.25) is 0 Å². The van der Waals surface area contributed by atoms with E-state index >= 15 is 0 Å². The van der Waals surface area contributed by atoms with E-state index in [1.807, 2.05) is 55.5 Å². The predicted octanol–water partition coefficient (Wildman–Crippen LogP) is 5.48. The molecule has 0 saturated heterocycles. The molecule has 2 aromatic rings. The number of hydrogen-bond donors (Lipinski definition) is 1. The van der Waals surface area contributed by atoms with Crippen LogP contribution in [0.1, 0.15) is 57.4 Å².